The first-order valence-electron chi connectivity index (χ1n) is 12.3. The molecule has 0 aliphatic heterocycles. The van der Waals surface area contributed by atoms with Crippen LogP contribution in [0, 0.1) is 18.2 Å². The van der Waals surface area contributed by atoms with Crippen LogP contribution in [0.1, 0.15) is 57.7 Å². The number of amides is 1. The van der Waals surface area contributed by atoms with Crippen molar-refractivity contribution in [2.45, 2.75) is 71.4 Å². The fraction of sp³-hybridized carbons (Fsp3) is 0.444. The summed E-state index contributed by atoms with van der Waals surface area (Å²) >= 11 is 0. The molecule has 0 radical (unpaired) electrons. The van der Waals surface area contributed by atoms with Gasteiger partial charge >= 0.3 is 0 Å². The number of nitrogens with zero attached hydrogens (tertiary/aromatic N) is 3. The molecule has 3 aromatic rings. The molecule has 1 saturated carbocycles. The molecule has 192 valence electrons. The summed E-state index contributed by atoms with van der Waals surface area (Å²) < 4.78 is 22.3. The lowest BCUT2D eigenvalue weighted by atomic mass is 9.69. The number of aromatic nitrogens is 3. The smallest absolute Gasteiger partial charge is 0.240 e. The summed E-state index contributed by atoms with van der Waals surface area (Å²) in [4.78, 5) is 17.7. The fourth-order valence-electron chi connectivity index (χ4n) is 4.85. The van der Waals surface area contributed by atoms with Crippen LogP contribution in [0.5, 0.6) is 5.75 Å². The Hall–Kier alpha value is -3.46. The van der Waals surface area contributed by atoms with E-state index in [1.165, 1.54) is 0 Å². The Morgan fingerprint density at radius 1 is 1.19 bits per heavy atom. The number of hydrazine groups is 1. The van der Waals surface area contributed by atoms with E-state index in [1.54, 1.807) is 31.3 Å². The van der Waals surface area contributed by atoms with Gasteiger partial charge in [0.05, 0.1) is 23.3 Å². The van der Waals surface area contributed by atoms with Crippen LogP contribution in [0.15, 0.2) is 48.7 Å². The van der Waals surface area contributed by atoms with Crippen molar-refractivity contribution in [1.82, 2.24) is 20.2 Å². The molecule has 36 heavy (non-hydrogen) atoms. The van der Waals surface area contributed by atoms with Crippen molar-refractivity contribution in [3.8, 4) is 5.75 Å². The highest BCUT2D eigenvalue weighted by atomic mass is 19.1. The molecule has 0 unspecified atom stereocenters. The summed E-state index contributed by atoms with van der Waals surface area (Å²) in [5, 5.41) is 7.76. The van der Waals surface area contributed by atoms with Crippen LogP contribution in [-0.2, 0) is 16.8 Å². The minimum Gasteiger partial charge on any atom is -0.487 e. The maximum absolute atomic E-state index is 14.4. The van der Waals surface area contributed by atoms with Crippen LogP contribution in [-0.4, -0.2) is 26.8 Å². The second-order valence-electron chi connectivity index (χ2n) is 10.6. The number of pyridine rings is 1. The van der Waals surface area contributed by atoms with Gasteiger partial charge in [-0.05, 0) is 77.1 Å². The van der Waals surface area contributed by atoms with E-state index in [-0.39, 0.29) is 29.1 Å². The lowest BCUT2D eigenvalue weighted by Crippen LogP contribution is -2.48. The molecule has 2 aromatic heterocycles. The van der Waals surface area contributed by atoms with Gasteiger partial charge in [-0.3, -0.25) is 10.2 Å². The van der Waals surface area contributed by atoms with Gasteiger partial charge < -0.3 is 10.1 Å². The Kier molecular flexibility index (Phi) is 7.31. The van der Waals surface area contributed by atoms with Crippen molar-refractivity contribution in [3.63, 3.8) is 0 Å². The summed E-state index contributed by atoms with van der Waals surface area (Å²) in [6.07, 6.45) is 4.37. The van der Waals surface area contributed by atoms with E-state index in [4.69, 9.17) is 15.6 Å². The topological polar surface area (TPSA) is 107 Å². The number of halogens is 1. The van der Waals surface area contributed by atoms with Gasteiger partial charge in [-0.25, -0.2) is 19.9 Å². The van der Waals surface area contributed by atoms with Crippen LogP contribution in [0.3, 0.4) is 0 Å². The molecule has 1 fully saturated rings. The predicted octanol–water partition coefficient (Wildman–Crippen LogP) is 4.76. The number of carbonyl (C=O) groups excluding carboxylic acids is 1. The maximum atomic E-state index is 14.4. The van der Waals surface area contributed by atoms with E-state index in [2.05, 4.69) is 36.6 Å². The minimum absolute atomic E-state index is 0.168. The molecule has 1 aliphatic rings. The number of aryl methyl sites for hydroxylation is 1. The van der Waals surface area contributed by atoms with Crippen molar-refractivity contribution in [2.75, 3.05) is 5.32 Å². The zero-order chi connectivity index (χ0) is 25.9. The normalized spacial score (nSPS) is 20.1. The molecule has 0 atom stereocenters. The standard InChI is InChI=1S/C27H35FN6O2/c1-18-7-5-9-21(24(18)28)36-20-11-14-27(15-12-20,25(35)33-29)17-19-8-6-10-22(31-19)32-23-13-16-30-34(23)26(2,3)4/h5-10,13,16,20H,11-12,14-15,17,29H2,1-4H3,(H,31,32)(H,33,35)/t20-,27-. The van der Waals surface area contributed by atoms with Gasteiger partial charge in [0.2, 0.25) is 5.91 Å². The zero-order valence-electron chi connectivity index (χ0n) is 21.3. The average molecular weight is 495 g/mol. The lowest BCUT2D eigenvalue weighted by Gasteiger charge is -2.38. The van der Waals surface area contributed by atoms with E-state index in [1.807, 2.05) is 28.9 Å². The summed E-state index contributed by atoms with van der Waals surface area (Å²) in [6, 6.07) is 12.8. The molecule has 1 aromatic carbocycles. The van der Waals surface area contributed by atoms with Crippen LogP contribution in [0.2, 0.25) is 0 Å². The highest BCUT2D eigenvalue weighted by Gasteiger charge is 2.42. The number of nitrogens with one attached hydrogen (secondary N) is 2. The third kappa shape index (κ3) is 5.51. The first-order chi connectivity index (χ1) is 17.1. The molecule has 8 nitrogen and oxygen atoms in total. The second-order valence-corrected chi connectivity index (χ2v) is 10.6. The Morgan fingerprint density at radius 2 is 1.92 bits per heavy atom. The lowest BCUT2D eigenvalue weighted by molar-refractivity contribution is -0.134. The first-order valence-corrected chi connectivity index (χ1v) is 12.3. The molecular formula is C27H35FN6O2. The Bertz CT molecular complexity index is 1210. The largest absolute Gasteiger partial charge is 0.487 e. The van der Waals surface area contributed by atoms with Gasteiger partial charge in [-0.2, -0.15) is 5.10 Å². The predicted molar refractivity (Wildman–Crippen MR) is 137 cm³/mol. The summed E-state index contributed by atoms with van der Waals surface area (Å²) in [7, 11) is 0. The summed E-state index contributed by atoms with van der Waals surface area (Å²) in [5.74, 6) is 6.81. The van der Waals surface area contributed by atoms with Crippen molar-refractivity contribution in [3.05, 3.63) is 65.7 Å². The van der Waals surface area contributed by atoms with E-state index in [0.717, 1.165) is 11.5 Å². The highest BCUT2D eigenvalue weighted by Crippen LogP contribution is 2.41. The SMILES string of the molecule is Cc1cccc(O[C@H]2CC[C@](Cc3cccc(Nc4ccnn4C(C)(C)C)n3)(C(=O)NN)CC2)c1F. The van der Waals surface area contributed by atoms with E-state index >= 15 is 0 Å². The molecule has 4 N–H and O–H groups in total. The second kappa shape index (κ2) is 10.3. The molecule has 1 amide bonds. The van der Waals surface area contributed by atoms with E-state index in [0.29, 0.717) is 43.5 Å². The molecule has 1 aliphatic carbocycles. The number of nitrogens with two attached hydrogens (primary N) is 1. The molecule has 0 saturated heterocycles. The summed E-state index contributed by atoms with van der Waals surface area (Å²) in [5.41, 5.74) is 2.79. The van der Waals surface area contributed by atoms with Crippen LogP contribution in [0.25, 0.3) is 0 Å². The number of rotatable bonds is 7. The molecule has 0 spiro atoms. The van der Waals surface area contributed by atoms with Gasteiger partial charge in [0, 0.05) is 18.2 Å². The summed E-state index contributed by atoms with van der Waals surface area (Å²) in [6.45, 7) is 7.96. The monoisotopic (exact) mass is 494 g/mol. The Balaban J connectivity index is 1.48. The van der Waals surface area contributed by atoms with E-state index < -0.39 is 5.41 Å². The first kappa shape index (κ1) is 25.6. The number of anilines is 2. The van der Waals surface area contributed by atoms with Crippen molar-refractivity contribution < 1.29 is 13.9 Å². The number of hydrogen-bond donors (Lipinski definition) is 3. The molecule has 2 heterocycles. The maximum Gasteiger partial charge on any atom is 0.240 e. The van der Waals surface area contributed by atoms with Crippen molar-refractivity contribution >= 4 is 17.5 Å². The molecular weight excluding hydrogens is 459 g/mol. The van der Waals surface area contributed by atoms with Crippen LogP contribution >= 0.6 is 0 Å². The zero-order valence-corrected chi connectivity index (χ0v) is 21.3. The van der Waals surface area contributed by atoms with Gasteiger partial charge in [0.15, 0.2) is 11.6 Å². The molecule has 9 heteroatoms. The van der Waals surface area contributed by atoms with E-state index in [9.17, 15) is 9.18 Å². The number of ether oxygens (including phenoxy) is 1. The number of benzene rings is 1. The molecule has 4 rings (SSSR count). The third-order valence-corrected chi connectivity index (χ3v) is 6.81. The minimum atomic E-state index is -0.710. The average Bonchev–Trinajstić information content (AvgIpc) is 3.32. The Labute approximate surface area is 211 Å². The van der Waals surface area contributed by atoms with Gasteiger partial charge in [-0.1, -0.05) is 18.2 Å². The van der Waals surface area contributed by atoms with Crippen LogP contribution < -0.4 is 21.3 Å². The molecule has 0 bridgehead atoms. The quantitative estimate of drug-likeness (QED) is 0.248. The fourth-order valence-corrected chi connectivity index (χ4v) is 4.85. The van der Waals surface area contributed by atoms with Gasteiger partial charge in [0.1, 0.15) is 11.6 Å². The van der Waals surface area contributed by atoms with Crippen molar-refractivity contribution in [1.29, 1.82) is 0 Å². The third-order valence-electron chi connectivity index (χ3n) is 6.81. The van der Waals surface area contributed by atoms with Crippen LogP contribution in [0.4, 0.5) is 16.0 Å². The van der Waals surface area contributed by atoms with Gasteiger partial charge in [-0.15, -0.1) is 0 Å². The highest BCUT2D eigenvalue weighted by molar-refractivity contribution is 5.82. The Morgan fingerprint density at radius 3 is 2.61 bits per heavy atom. The van der Waals surface area contributed by atoms with Gasteiger partial charge in [0.25, 0.3) is 0 Å². The number of hydrogen-bond acceptors (Lipinski definition) is 6. The van der Waals surface area contributed by atoms with Crippen molar-refractivity contribution in [2.24, 2.45) is 11.3 Å². The number of carbonyl (C=O) groups is 1.